The van der Waals surface area contributed by atoms with Crippen LogP contribution in [-0.2, 0) is 12.6 Å². The van der Waals surface area contributed by atoms with Gasteiger partial charge in [0.15, 0.2) is 0 Å². The van der Waals surface area contributed by atoms with E-state index >= 15 is 0 Å². The van der Waals surface area contributed by atoms with E-state index < -0.39 is 17.2 Å². The van der Waals surface area contributed by atoms with Crippen molar-refractivity contribution in [3.63, 3.8) is 0 Å². The highest BCUT2D eigenvalue weighted by atomic mass is 19.4. The molecule has 1 aromatic heterocycles. The highest BCUT2D eigenvalue weighted by Gasteiger charge is 2.37. The third-order valence-electron chi connectivity index (χ3n) is 5.63. The van der Waals surface area contributed by atoms with Crippen molar-refractivity contribution in [2.75, 3.05) is 24.6 Å². The standard InChI is InChI=1S/C19H22F3N3O2/c20-19(21,22)15-3-1-2-13(10-15)11-18(12-26)6-8-25(9-7-18)17-23-16(27-24-17)14-4-5-14/h1-3,10,14,26H,4-9,11-12H2. The molecule has 1 saturated heterocycles. The van der Waals surface area contributed by atoms with Crippen molar-refractivity contribution in [2.45, 2.75) is 44.2 Å². The van der Waals surface area contributed by atoms with E-state index in [1.807, 2.05) is 4.90 Å². The third kappa shape index (κ3) is 3.95. The summed E-state index contributed by atoms with van der Waals surface area (Å²) < 4.78 is 44.1. The topological polar surface area (TPSA) is 62.4 Å². The summed E-state index contributed by atoms with van der Waals surface area (Å²) >= 11 is 0. The number of alkyl halides is 3. The quantitative estimate of drug-likeness (QED) is 0.854. The Bertz CT molecular complexity index is 793. The molecule has 146 valence electrons. The summed E-state index contributed by atoms with van der Waals surface area (Å²) in [5.41, 5.74) is -0.475. The molecule has 0 atom stereocenters. The van der Waals surface area contributed by atoms with Gasteiger partial charge >= 0.3 is 6.18 Å². The van der Waals surface area contributed by atoms with Gasteiger partial charge < -0.3 is 14.5 Å². The zero-order valence-corrected chi connectivity index (χ0v) is 14.9. The predicted octanol–water partition coefficient (Wildman–Crippen LogP) is 3.79. The molecule has 1 aliphatic carbocycles. The lowest BCUT2D eigenvalue weighted by Gasteiger charge is -2.40. The van der Waals surface area contributed by atoms with E-state index in [1.165, 1.54) is 12.1 Å². The molecule has 0 radical (unpaired) electrons. The molecule has 0 amide bonds. The Labute approximate surface area is 155 Å². The molecule has 4 rings (SSSR count). The van der Waals surface area contributed by atoms with Crippen LogP contribution in [0.25, 0.3) is 0 Å². The average Bonchev–Trinajstić information content (AvgIpc) is 3.39. The molecule has 5 nitrogen and oxygen atoms in total. The summed E-state index contributed by atoms with van der Waals surface area (Å²) in [4.78, 5) is 6.48. The van der Waals surface area contributed by atoms with E-state index in [4.69, 9.17) is 4.52 Å². The SMILES string of the molecule is OCC1(Cc2cccc(C(F)(F)F)c2)CCN(c2noc(C3CC3)n2)CC1. The van der Waals surface area contributed by atoms with E-state index in [0.29, 0.717) is 55.7 Å². The van der Waals surface area contributed by atoms with E-state index in [1.54, 1.807) is 6.07 Å². The molecule has 2 fully saturated rings. The van der Waals surface area contributed by atoms with Crippen molar-refractivity contribution in [3.8, 4) is 0 Å². The second kappa shape index (κ2) is 6.82. The van der Waals surface area contributed by atoms with Crippen LogP contribution in [-0.4, -0.2) is 34.9 Å². The molecule has 1 aromatic carbocycles. The lowest BCUT2D eigenvalue weighted by molar-refractivity contribution is -0.137. The lowest BCUT2D eigenvalue weighted by Crippen LogP contribution is -2.43. The summed E-state index contributed by atoms with van der Waals surface area (Å²) in [7, 11) is 0. The number of aliphatic hydroxyl groups excluding tert-OH is 1. The molecule has 27 heavy (non-hydrogen) atoms. The molecule has 2 heterocycles. The summed E-state index contributed by atoms with van der Waals surface area (Å²) in [5.74, 6) is 1.66. The van der Waals surface area contributed by atoms with E-state index in [9.17, 15) is 18.3 Å². The lowest BCUT2D eigenvalue weighted by atomic mass is 9.74. The summed E-state index contributed by atoms with van der Waals surface area (Å²) in [6, 6.07) is 5.38. The fourth-order valence-electron chi connectivity index (χ4n) is 3.71. The number of rotatable bonds is 5. The minimum atomic E-state index is -4.36. The van der Waals surface area contributed by atoms with E-state index in [2.05, 4.69) is 10.1 Å². The van der Waals surface area contributed by atoms with Gasteiger partial charge in [0, 0.05) is 31.0 Å². The van der Waals surface area contributed by atoms with Crippen LogP contribution < -0.4 is 4.90 Å². The van der Waals surface area contributed by atoms with Gasteiger partial charge in [-0.2, -0.15) is 18.2 Å². The van der Waals surface area contributed by atoms with Crippen LogP contribution in [0.3, 0.4) is 0 Å². The molecular formula is C19H22F3N3O2. The predicted molar refractivity (Wildman–Crippen MR) is 92.4 cm³/mol. The van der Waals surface area contributed by atoms with Gasteiger partial charge in [0.2, 0.25) is 5.89 Å². The molecule has 1 N–H and O–H groups in total. The summed E-state index contributed by atoms with van der Waals surface area (Å²) in [6.07, 6.45) is -0.441. The molecule has 0 bridgehead atoms. The third-order valence-corrected chi connectivity index (χ3v) is 5.63. The first-order valence-corrected chi connectivity index (χ1v) is 9.24. The van der Waals surface area contributed by atoms with Crippen molar-refractivity contribution < 1.29 is 22.8 Å². The first-order valence-electron chi connectivity index (χ1n) is 9.24. The Hall–Kier alpha value is -2.09. The van der Waals surface area contributed by atoms with Crippen molar-refractivity contribution in [3.05, 3.63) is 41.3 Å². The van der Waals surface area contributed by atoms with Gasteiger partial charge in [-0.1, -0.05) is 18.2 Å². The van der Waals surface area contributed by atoms with Crippen molar-refractivity contribution in [2.24, 2.45) is 5.41 Å². The molecular weight excluding hydrogens is 359 g/mol. The maximum absolute atomic E-state index is 12.9. The van der Waals surface area contributed by atoms with E-state index in [-0.39, 0.29) is 6.61 Å². The fraction of sp³-hybridized carbons (Fsp3) is 0.579. The average molecular weight is 381 g/mol. The largest absolute Gasteiger partial charge is 0.416 e. The molecule has 0 unspecified atom stereocenters. The van der Waals surface area contributed by atoms with Gasteiger partial charge in [0.25, 0.3) is 5.95 Å². The fourth-order valence-corrected chi connectivity index (χ4v) is 3.71. The van der Waals surface area contributed by atoms with Crippen LogP contribution in [0.15, 0.2) is 28.8 Å². The Balaban J connectivity index is 1.43. The number of hydrogen-bond acceptors (Lipinski definition) is 5. The Morgan fingerprint density at radius 2 is 1.96 bits per heavy atom. The minimum absolute atomic E-state index is 0.0589. The number of piperidine rings is 1. The van der Waals surface area contributed by atoms with Gasteiger partial charge in [-0.3, -0.25) is 0 Å². The zero-order valence-electron chi connectivity index (χ0n) is 14.9. The van der Waals surface area contributed by atoms with Gasteiger partial charge in [0.1, 0.15) is 0 Å². The summed E-state index contributed by atoms with van der Waals surface area (Å²) in [6.45, 7) is 1.23. The van der Waals surface area contributed by atoms with Gasteiger partial charge in [-0.25, -0.2) is 0 Å². The Kier molecular flexibility index (Phi) is 4.61. The maximum atomic E-state index is 12.9. The number of anilines is 1. The first kappa shape index (κ1) is 18.3. The zero-order chi connectivity index (χ0) is 19.1. The van der Waals surface area contributed by atoms with Gasteiger partial charge in [-0.05, 0) is 48.9 Å². The number of aromatic nitrogens is 2. The van der Waals surface area contributed by atoms with Gasteiger partial charge in [-0.15, -0.1) is 0 Å². The van der Waals surface area contributed by atoms with Crippen LogP contribution in [0.4, 0.5) is 19.1 Å². The highest BCUT2D eigenvalue weighted by molar-refractivity contribution is 5.31. The molecule has 0 spiro atoms. The van der Waals surface area contributed by atoms with Gasteiger partial charge in [0.05, 0.1) is 5.56 Å². The van der Waals surface area contributed by atoms with E-state index in [0.717, 1.165) is 18.9 Å². The number of aliphatic hydroxyl groups is 1. The van der Waals surface area contributed by atoms with Crippen molar-refractivity contribution >= 4 is 5.95 Å². The molecule has 2 aliphatic rings. The van der Waals surface area contributed by atoms with Crippen LogP contribution in [0.5, 0.6) is 0 Å². The maximum Gasteiger partial charge on any atom is 0.416 e. The molecule has 1 aliphatic heterocycles. The van der Waals surface area contributed by atoms with Crippen LogP contribution in [0.2, 0.25) is 0 Å². The smallest absolute Gasteiger partial charge is 0.396 e. The summed E-state index contributed by atoms with van der Waals surface area (Å²) in [5, 5.41) is 14.0. The normalized spacial score (nSPS) is 20.1. The molecule has 1 saturated carbocycles. The number of nitrogens with zero attached hydrogens (tertiary/aromatic N) is 3. The highest BCUT2D eigenvalue weighted by Crippen LogP contribution is 2.41. The monoisotopic (exact) mass is 381 g/mol. The van der Waals surface area contributed by atoms with Crippen molar-refractivity contribution in [1.29, 1.82) is 0 Å². The van der Waals surface area contributed by atoms with Crippen LogP contribution in [0, 0.1) is 5.41 Å². The second-order valence-corrected chi connectivity index (χ2v) is 7.73. The van der Waals surface area contributed by atoms with Crippen molar-refractivity contribution in [1.82, 2.24) is 10.1 Å². The van der Waals surface area contributed by atoms with Crippen LogP contribution >= 0.6 is 0 Å². The Morgan fingerprint density at radius 1 is 1.22 bits per heavy atom. The minimum Gasteiger partial charge on any atom is -0.396 e. The number of halogens is 3. The second-order valence-electron chi connectivity index (χ2n) is 7.73. The number of hydrogen-bond donors (Lipinski definition) is 1. The first-order chi connectivity index (χ1) is 12.9. The van der Waals surface area contributed by atoms with Crippen LogP contribution in [0.1, 0.15) is 48.6 Å². The Morgan fingerprint density at radius 3 is 2.59 bits per heavy atom. The molecule has 2 aromatic rings. The molecule has 8 heteroatoms. The number of benzene rings is 1.